The maximum Gasteiger partial charge on any atom is 0.341 e. The van der Waals surface area contributed by atoms with E-state index in [1.165, 1.54) is 0 Å². The molecule has 1 heterocycles. The molecule has 0 saturated carbocycles. The Morgan fingerprint density at radius 3 is 2.48 bits per heavy atom. The minimum atomic E-state index is -0.940. The summed E-state index contributed by atoms with van der Waals surface area (Å²) in [6.45, 7) is 5.92. The molecule has 2 atom stereocenters. The van der Waals surface area contributed by atoms with E-state index in [1.54, 1.807) is 27.2 Å². The summed E-state index contributed by atoms with van der Waals surface area (Å²) in [6.07, 6.45) is 0.539. The number of carbonyl (C=O) groups excluding carboxylic acids is 1. The van der Waals surface area contributed by atoms with Gasteiger partial charge in [-0.05, 0) is 32.4 Å². The molecule has 1 saturated heterocycles. The molecule has 0 aromatic heterocycles. The zero-order valence-corrected chi connectivity index (χ0v) is 13.2. The largest absolute Gasteiger partial charge is 0.497 e. The highest BCUT2D eigenvalue weighted by Gasteiger charge is 2.73. The average molecular weight is 294 g/mol. The van der Waals surface area contributed by atoms with Crippen LogP contribution in [0.15, 0.2) is 18.2 Å². The zero-order chi connectivity index (χ0) is 15.7. The second kappa shape index (κ2) is 5.56. The van der Waals surface area contributed by atoms with Crippen LogP contribution < -0.4 is 9.47 Å². The van der Waals surface area contributed by atoms with Gasteiger partial charge in [0.05, 0.1) is 20.8 Å². The van der Waals surface area contributed by atoms with Crippen molar-refractivity contribution < 1.29 is 23.7 Å². The first-order valence-corrected chi connectivity index (χ1v) is 7.09. The third-order valence-corrected chi connectivity index (χ3v) is 4.13. The Morgan fingerprint density at radius 1 is 1.24 bits per heavy atom. The van der Waals surface area contributed by atoms with Gasteiger partial charge in [0.1, 0.15) is 17.1 Å². The maximum atomic E-state index is 12.3. The van der Waals surface area contributed by atoms with E-state index in [2.05, 4.69) is 0 Å². The minimum Gasteiger partial charge on any atom is -0.497 e. The molecule has 116 valence electrons. The summed E-state index contributed by atoms with van der Waals surface area (Å²) in [5.74, 6) is 1.00. The lowest BCUT2D eigenvalue weighted by Gasteiger charge is -2.17. The molecule has 0 N–H and O–H groups in total. The first-order valence-electron chi connectivity index (χ1n) is 7.09. The van der Waals surface area contributed by atoms with Crippen LogP contribution in [0.25, 0.3) is 0 Å². The lowest BCUT2D eigenvalue weighted by atomic mass is 9.85. The Hall–Kier alpha value is -1.75. The predicted octanol–water partition coefficient (Wildman–Crippen LogP) is 2.66. The molecule has 5 nitrogen and oxygen atoms in total. The Kier molecular flexibility index (Phi) is 4.14. The van der Waals surface area contributed by atoms with Gasteiger partial charge in [0.15, 0.2) is 5.60 Å². The molecule has 2 rings (SSSR count). The van der Waals surface area contributed by atoms with Crippen LogP contribution in [0.3, 0.4) is 0 Å². The molecule has 1 fully saturated rings. The topological polar surface area (TPSA) is 57.3 Å². The second-order valence-electron chi connectivity index (χ2n) is 5.10. The van der Waals surface area contributed by atoms with Gasteiger partial charge in [-0.3, -0.25) is 0 Å². The van der Waals surface area contributed by atoms with Crippen LogP contribution in [0.4, 0.5) is 0 Å². The molecular formula is C16H22O5. The third kappa shape index (κ3) is 2.25. The van der Waals surface area contributed by atoms with E-state index < -0.39 is 11.2 Å². The lowest BCUT2D eigenvalue weighted by molar-refractivity contribution is -0.149. The SMILES string of the molecule is CCOC(=O)C1(CC)OC1(C)c1ccc(OC)cc1OC. The Balaban J connectivity index is 2.40. The van der Waals surface area contributed by atoms with Gasteiger partial charge in [-0.25, -0.2) is 4.79 Å². The number of hydrogen-bond donors (Lipinski definition) is 0. The van der Waals surface area contributed by atoms with E-state index in [4.69, 9.17) is 18.9 Å². The fourth-order valence-electron chi connectivity index (χ4n) is 2.83. The predicted molar refractivity (Wildman–Crippen MR) is 77.6 cm³/mol. The van der Waals surface area contributed by atoms with Crippen molar-refractivity contribution in [3.05, 3.63) is 23.8 Å². The van der Waals surface area contributed by atoms with E-state index >= 15 is 0 Å². The molecule has 1 aliphatic heterocycles. The highest BCUT2D eigenvalue weighted by molar-refractivity contribution is 5.85. The summed E-state index contributed by atoms with van der Waals surface area (Å²) in [7, 11) is 3.18. The Bertz CT molecular complexity index is 541. The number of rotatable bonds is 6. The molecule has 21 heavy (non-hydrogen) atoms. The summed E-state index contributed by atoms with van der Waals surface area (Å²) in [6, 6.07) is 5.48. The summed E-state index contributed by atoms with van der Waals surface area (Å²) < 4.78 is 21.6. The smallest absolute Gasteiger partial charge is 0.341 e. The van der Waals surface area contributed by atoms with E-state index in [1.807, 2.05) is 26.0 Å². The summed E-state index contributed by atoms with van der Waals surface area (Å²) in [5, 5.41) is 0. The van der Waals surface area contributed by atoms with Gasteiger partial charge in [0, 0.05) is 11.6 Å². The van der Waals surface area contributed by atoms with Crippen LogP contribution in [-0.4, -0.2) is 32.4 Å². The molecule has 0 amide bonds. The first-order chi connectivity index (χ1) is 9.98. The highest BCUT2D eigenvalue weighted by Crippen LogP contribution is 2.60. The van der Waals surface area contributed by atoms with Crippen LogP contribution >= 0.6 is 0 Å². The number of esters is 1. The monoisotopic (exact) mass is 294 g/mol. The summed E-state index contributed by atoms with van der Waals surface area (Å²) in [5.41, 5.74) is -0.864. The number of epoxide rings is 1. The van der Waals surface area contributed by atoms with Gasteiger partial charge in [-0.15, -0.1) is 0 Å². The van der Waals surface area contributed by atoms with Crippen molar-refractivity contribution in [3.63, 3.8) is 0 Å². The van der Waals surface area contributed by atoms with Crippen molar-refractivity contribution in [3.8, 4) is 11.5 Å². The first kappa shape index (κ1) is 15.6. The third-order valence-electron chi connectivity index (χ3n) is 4.13. The summed E-state index contributed by atoms with van der Waals surface area (Å²) in [4.78, 5) is 12.3. The Labute approximate surface area is 125 Å². The molecule has 0 bridgehead atoms. The van der Waals surface area contributed by atoms with Crippen LogP contribution in [0.1, 0.15) is 32.8 Å². The lowest BCUT2D eigenvalue weighted by Crippen LogP contribution is -2.33. The molecule has 0 aliphatic carbocycles. The number of ether oxygens (including phenoxy) is 4. The van der Waals surface area contributed by atoms with Gasteiger partial charge < -0.3 is 18.9 Å². The van der Waals surface area contributed by atoms with Crippen molar-refractivity contribution in [1.29, 1.82) is 0 Å². The van der Waals surface area contributed by atoms with E-state index in [-0.39, 0.29) is 5.97 Å². The van der Waals surface area contributed by atoms with Crippen molar-refractivity contribution >= 4 is 5.97 Å². The molecule has 1 aliphatic rings. The minimum absolute atomic E-state index is 0.326. The molecule has 5 heteroatoms. The van der Waals surface area contributed by atoms with Crippen LogP contribution in [0.2, 0.25) is 0 Å². The van der Waals surface area contributed by atoms with Crippen LogP contribution in [0, 0.1) is 0 Å². The second-order valence-corrected chi connectivity index (χ2v) is 5.10. The molecule has 2 unspecified atom stereocenters. The van der Waals surface area contributed by atoms with Gasteiger partial charge in [0.25, 0.3) is 0 Å². The quantitative estimate of drug-likeness (QED) is 0.596. The normalized spacial score (nSPS) is 27.1. The van der Waals surface area contributed by atoms with Crippen LogP contribution in [-0.2, 0) is 19.9 Å². The van der Waals surface area contributed by atoms with Gasteiger partial charge in [-0.1, -0.05) is 6.92 Å². The molecular weight excluding hydrogens is 272 g/mol. The van der Waals surface area contributed by atoms with Gasteiger partial charge in [0.2, 0.25) is 0 Å². The van der Waals surface area contributed by atoms with Gasteiger partial charge in [-0.2, -0.15) is 0 Å². The van der Waals surface area contributed by atoms with Crippen molar-refractivity contribution in [2.75, 3.05) is 20.8 Å². The fourth-order valence-corrected chi connectivity index (χ4v) is 2.83. The molecule has 1 aromatic rings. The molecule has 1 aromatic carbocycles. The zero-order valence-electron chi connectivity index (χ0n) is 13.2. The number of methoxy groups -OCH3 is 2. The van der Waals surface area contributed by atoms with Gasteiger partial charge >= 0.3 is 5.97 Å². The highest BCUT2D eigenvalue weighted by atomic mass is 16.7. The molecule has 0 radical (unpaired) electrons. The average Bonchev–Trinajstić information content (AvgIpc) is 3.14. The number of carbonyl (C=O) groups is 1. The van der Waals surface area contributed by atoms with Crippen LogP contribution in [0.5, 0.6) is 11.5 Å². The fraction of sp³-hybridized carbons (Fsp3) is 0.562. The maximum absolute atomic E-state index is 12.3. The van der Waals surface area contributed by atoms with Crippen molar-refractivity contribution in [2.45, 2.75) is 38.4 Å². The number of hydrogen-bond acceptors (Lipinski definition) is 5. The number of benzene rings is 1. The van der Waals surface area contributed by atoms with Crippen molar-refractivity contribution in [1.82, 2.24) is 0 Å². The van der Waals surface area contributed by atoms with E-state index in [0.717, 1.165) is 5.56 Å². The van der Waals surface area contributed by atoms with Crippen molar-refractivity contribution in [2.24, 2.45) is 0 Å². The molecule has 0 spiro atoms. The Morgan fingerprint density at radius 2 is 1.95 bits per heavy atom. The summed E-state index contributed by atoms with van der Waals surface area (Å²) >= 11 is 0. The van der Waals surface area contributed by atoms with E-state index in [0.29, 0.717) is 24.5 Å². The van der Waals surface area contributed by atoms with E-state index in [9.17, 15) is 4.79 Å². The standard InChI is InChI=1S/C16H22O5/c1-6-16(14(17)20-7-2)15(3,21-16)12-9-8-11(18-4)10-13(12)19-5/h8-10H,6-7H2,1-5H3.